The van der Waals surface area contributed by atoms with Crippen molar-refractivity contribution in [3.63, 3.8) is 0 Å². The second-order valence-electron chi connectivity index (χ2n) is 1.96. The Kier molecular flexibility index (Phi) is 1.90. The molecule has 0 saturated carbocycles. The Morgan fingerprint density at radius 3 is 2.70 bits per heavy atom. The van der Waals surface area contributed by atoms with E-state index in [9.17, 15) is 4.39 Å². The zero-order valence-corrected chi connectivity index (χ0v) is 5.73. The summed E-state index contributed by atoms with van der Waals surface area (Å²) in [4.78, 5) is 0. The van der Waals surface area contributed by atoms with Crippen molar-refractivity contribution < 1.29 is 9.13 Å². The van der Waals surface area contributed by atoms with Crippen molar-refractivity contribution in [3.8, 4) is 5.75 Å². The summed E-state index contributed by atoms with van der Waals surface area (Å²) in [5.41, 5.74) is 0.390. The average molecular weight is 139 g/mol. The third-order valence-corrected chi connectivity index (χ3v) is 1.26. The molecule has 0 aliphatic rings. The van der Waals surface area contributed by atoms with E-state index in [2.05, 4.69) is 6.92 Å². The van der Waals surface area contributed by atoms with Crippen molar-refractivity contribution in [1.29, 1.82) is 0 Å². The van der Waals surface area contributed by atoms with E-state index < -0.39 is 0 Å². The minimum Gasteiger partial charge on any atom is -0.497 e. The highest BCUT2D eigenvalue weighted by Crippen LogP contribution is 2.14. The van der Waals surface area contributed by atoms with Crippen LogP contribution in [0, 0.1) is 12.7 Å². The van der Waals surface area contributed by atoms with Crippen LogP contribution in [-0.4, -0.2) is 7.11 Å². The standard InChI is InChI=1S/C8H8FO/c1-6-3-4-7(10-2)5-8(6)9/h3-5H,1H2,2H3. The van der Waals surface area contributed by atoms with Crippen molar-refractivity contribution >= 4 is 0 Å². The molecule has 0 fully saturated rings. The molecule has 53 valence electrons. The molecule has 0 atom stereocenters. The number of ether oxygens (including phenoxy) is 1. The van der Waals surface area contributed by atoms with Gasteiger partial charge in [0.05, 0.1) is 7.11 Å². The molecule has 10 heavy (non-hydrogen) atoms. The van der Waals surface area contributed by atoms with Crippen LogP contribution >= 0.6 is 0 Å². The number of benzene rings is 1. The second-order valence-corrected chi connectivity index (χ2v) is 1.96. The van der Waals surface area contributed by atoms with Crippen molar-refractivity contribution in [3.05, 3.63) is 36.5 Å². The van der Waals surface area contributed by atoms with Gasteiger partial charge in [-0.05, 0) is 18.6 Å². The van der Waals surface area contributed by atoms with Crippen LogP contribution in [0.3, 0.4) is 0 Å². The molecule has 0 spiro atoms. The first-order valence-corrected chi connectivity index (χ1v) is 2.89. The SMILES string of the molecule is [CH2]c1ccc(OC)cc1F. The summed E-state index contributed by atoms with van der Waals surface area (Å²) in [6.45, 7) is 3.46. The summed E-state index contributed by atoms with van der Waals surface area (Å²) in [5.74, 6) is 0.184. The maximum Gasteiger partial charge on any atom is 0.130 e. The summed E-state index contributed by atoms with van der Waals surface area (Å²) in [6, 6.07) is 4.56. The van der Waals surface area contributed by atoms with E-state index in [1.54, 1.807) is 12.1 Å². The topological polar surface area (TPSA) is 9.23 Å². The molecular formula is C8H8FO. The predicted octanol–water partition coefficient (Wildman–Crippen LogP) is 2.02. The van der Waals surface area contributed by atoms with Gasteiger partial charge in [-0.25, -0.2) is 4.39 Å². The smallest absolute Gasteiger partial charge is 0.130 e. The first-order valence-electron chi connectivity index (χ1n) is 2.89. The number of hydrogen-bond acceptors (Lipinski definition) is 1. The van der Waals surface area contributed by atoms with Crippen LogP contribution in [0.1, 0.15) is 5.56 Å². The zero-order valence-electron chi connectivity index (χ0n) is 5.73. The Morgan fingerprint density at radius 2 is 2.20 bits per heavy atom. The molecule has 0 aromatic heterocycles. The third kappa shape index (κ3) is 1.26. The first kappa shape index (κ1) is 7.06. The van der Waals surface area contributed by atoms with E-state index in [1.807, 2.05) is 0 Å². The van der Waals surface area contributed by atoms with Crippen molar-refractivity contribution in [2.24, 2.45) is 0 Å². The average Bonchev–Trinajstić information content (AvgIpc) is 1.95. The molecule has 2 heteroatoms. The molecule has 0 amide bonds. The van der Waals surface area contributed by atoms with Crippen LogP contribution in [0.2, 0.25) is 0 Å². The molecule has 1 radical (unpaired) electrons. The maximum atomic E-state index is 12.6. The lowest BCUT2D eigenvalue weighted by molar-refractivity contribution is 0.411. The predicted molar refractivity (Wildman–Crippen MR) is 37.4 cm³/mol. The largest absolute Gasteiger partial charge is 0.497 e. The molecule has 1 aromatic rings. The van der Waals surface area contributed by atoms with E-state index in [-0.39, 0.29) is 5.82 Å². The summed E-state index contributed by atoms with van der Waals surface area (Å²) >= 11 is 0. The van der Waals surface area contributed by atoms with Crippen LogP contribution in [-0.2, 0) is 0 Å². The van der Waals surface area contributed by atoms with Crippen LogP contribution in [0.15, 0.2) is 18.2 Å². The van der Waals surface area contributed by atoms with Gasteiger partial charge in [-0.1, -0.05) is 6.07 Å². The second kappa shape index (κ2) is 2.69. The Balaban J connectivity index is 3.04. The monoisotopic (exact) mass is 139 g/mol. The summed E-state index contributed by atoms with van der Waals surface area (Å²) in [5, 5.41) is 0. The van der Waals surface area contributed by atoms with Crippen molar-refractivity contribution in [2.45, 2.75) is 0 Å². The highest BCUT2D eigenvalue weighted by Gasteiger charge is 1.97. The van der Waals surface area contributed by atoms with Crippen LogP contribution < -0.4 is 4.74 Å². The van der Waals surface area contributed by atoms with Gasteiger partial charge in [0.1, 0.15) is 11.6 Å². The number of halogens is 1. The lowest BCUT2D eigenvalue weighted by atomic mass is 10.2. The molecule has 0 unspecified atom stereocenters. The molecule has 0 heterocycles. The van der Waals surface area contributed by atoms with E-state index in [0.717, 1.165) is 0 Å². The minimum atomic E-state index is -0.334. The van der Waals surface area contributed by atoms with Gasteiger partial charge in [0.2, 0.25) is 0 Å². The number of rotatable bonds is 1. The molecule has 0 saturated heterocycles. The summed E-state index contributed by atoms with van der Waals surface area (Å²) < 4.78 is 17.4. The van der Waals surface area contributed by atoms with Crippen molar-refractivity contribution in [1.82, 2.24) is 0 Å². The molecule has 1 aromatic carbocycles. The molecule has 1 rings (SSSR count). The van der Waals surface area contributed by atoms with Crippen LogP contribution in [0.5, 0.6) is 5.75 Å². The zero-order chi connectivity index (χ0) is 7.56. The quantitative estimate of drug-likeness (QED) is 0.578. The Hall–Kier alpha value is -1.05. The van der Waals surface area contributed by atoms with E-state index in [1.165, 1.54) is 13.2 Å². The Labute approximate surface area is 59.4 Å². The fourth-order valence-electron chi connectivity index (χ4n) is 0.655. The Morgan fingerprint density at radius 1 is 1.50 bits per heavy atom. The number of methoxy groups -OCH3 is 1. The molecule has 0 N–H and O–H groups in total. The van der Waals surface area contributed by atoms with Gasteiger partial charge in [0, 0.05) is 6.07 Å². The molecule has 0 bridgehead atoms. The summed E-state index contributed by atoms with van der Waals surface area (Å²) in [6.07, 6.45) is 0. The van der Waals surface area contributed by atoms with Crippen LogP contribution in [0.25, 0.3) is 0 Å². The van der Waals surface area contributed by atoms with Crippen LogP contribution in [0.4, 0.5) is 4.39 Å². The fourth-order valence-corrected chi connectivity index (χ4v) is 0.655. The normalized spacial score (nSPS) is 9.50. The first-order chi connectivity index (χ1) is 4.74. The third-order valence-electron chi connectivity index (χ3n) is 1.26. The molecule has 1 nitrogen and oxygen atoms in total. The molecule has 0 aliphatic heterocycles. The van der Waals surface area contributed by atoms with Gasteiger partial charge in [-0.15, -0.1) is 0 Å². The fraction of sp³-hybridized carbons (Fsp3) is 0.125. The van der Waals surface area contributed by atoms with Crippen molar-refractivity contribution in [2.75, 3.05) is 7.11 Å². The van der Waals surface area contributed by atoms with Gasteiger partial charge >= 0.3 is 0 Å². The van der Waals surface area contributed by atoms with Gasteiger partial charge < -0.3 is 4.74 Å². The van der Waals surface area contributed by atoms with Gasteiger partial charge in [0.15, 0.2) is 0 Å². The molecule has 0 aliphatic carbocycles. The summed E-state index contributed by atoms with van der Waals surface area (Å²) in [7, 11) is 1.50. The van der Waals surface area contributed by atoms with E-state index >= 15 is 0 Å². The lowest BCUT2D eigenvalue weighted by Gasteiger charge is -1.99. The maximum absolute atomic E-state index is 12.6. The van der Waals surface area contributed by atoms with E-state index in [4.69, 9.17) is 4.74 Å². The van der Waals surface area contributed by atoms with Gasteiger partial charge in [-0.3, -0.25) is 0 Å². The Bertz CT molecular complexity index is 233. The highest BCUT2D eigenvalue weighted by atomic mass is 19.1. The lowest BCUT2D eigenvalue weighted by Crippen LogP contribution is -1.85. The molecular weight excluding hydrogens is 131 g/mol. The number of hydrogen-bond donors (Lipinski definition) is 0. The van der Waals surface area contributed by atoms with Gasteiger partial charge in [0.25, 0.3) is 0 Å². The highest BCUT2D eigenvalue weighted by molar-refractivity contribution is 5.30. The minimum absolute atomic E-state index is 0.334. The van der Waals surface area contributed by atoms with Gasteiger partial charge in [-0.2, -0.15) is 0 Å². The van der Waals surface area contributed by atoms with E-state index in [0.29, 0.717) is 11.3 Å².